The van der Waals surface area contributed by atoms with Crippen molar-refractivity contribution >= 4 is 12.0 Å². The van der Waals surface area contributed by atoms with Gasteiger partial charge in [0.2, 0.25) is 0 Å². The monoisotopic (exact) mass is 296 g/mol. The topological polar surface area (TPSA) is 116 Å². The number of hydrogen-bond acceptors (Lipinski definition) is 4. The number of nitrogens with zero attached hydrogens (tertiary/aromatic N) is 1. The summed E-state index contributed by atoms with van der Waals surface area (Å²) in [6.45, 7) is 4.34. The quantitative estimate of drug-likeness (QED) is 0.622. The van der Waals surface area contributed by atoms with Gasteiger partial charge >= 0.3 is 12.0 Å². The first kappa shape index (κ1) is 15.3. The van der Waals surface area contributed by atoms with Gasteiger partial charge < -0.3 is 25.5 Å². The van der Waals surface area contributed by atoms with Gasteiger partial charge in [0.1, 0.15) is 6.04 Å². The third kappa shape index (κ3) is 3.72. The molecule has 4 N–H and O–H groups in total. The van der Waals surface area contributed by atoms with Crippen LogP contribution < -0.4 is 10.6 Å². The molecule has 3 atom stereocenters. The van der Waals surface area contributed by atoms with Crippen molar-refractivity contribution in [2.75, 3.05) is 6.61 Å². The van der Waals surface area contributed by atoms with Crippen molar-refractivity contribution in [3.8, 4) is 0 Å². The highest BCUT2D eigenvalue weighted by Gasteiger charge is 2.38. The summed E-state index contributed by atoms with van der Waals surface area (Å²) >= 11 is 0. The number of imidazole rings is 1. The molecule has 8 heteroatoms. The molecule has 0 radical (unpaired) electrons. The first-order valence-corrected chi connectivity index (χ1v) is 6.81. The van der Waals surface area contributed by atoms with E-state index in [-0.39, 0.29) is 12.5 Å². The molecule has 116 valence electrons. The lowest BCUT2D eigenvalue weighted by molar-refractivity contribution is -0.139. The fourth-order valence-electron chi connectivity index (χ4n) is 2.27. The van der Waals surface area contributed by atoms with Gasteiger partial charge in [-0.25, -0.2) is 14.6 Å². The summed E-state index contributed by atoms with van der Waals surface area (Å²) in [5.74, 6) is -1.10. The van der Waals surface area contributed by atoms with Crippen molar-refractivity contribution in [2.45, 2.75) is 44.4 Å². The number of rotatable bonds is 5. The number of carbonyl (C=O) groups excluding carboxylic acids is 1. The molecular weight excluding hydrogens is 276 g/mol. The summed E-state index contributed by atoms with van der Waals surface area (Å²) < 4.78 is 5.43. The molecule has 1 saturated heterocycles. The van der Waals surface area contributed by atoms with Crippen LogP contribution in [0, 0.1) is 0 Å². The minimum absolute atomic E-state index is 0.112. The van der Waals surface area contributed by atoms with Crippen LogP contribution in [0.1, 0.15) is 26.0 Å². The van der Waals surface area contributed by atoms with Gasteiger partial charge in [-0.05, 0) is 20.3 Å². The third-order valence-corrected chi connectivity index (χ3v) is 3.87. The molecule has 2 amide bonds. The minimum atomic E-state index is -1.10. The molecule has 21 heavy (non-hydrogen) atoms. The van der Waals surface area contributed by atoms with Gasteiger partial charge in [-0.15, -0.1) is 0 Å². The molecule has 8 nitrogen and oxygen atoms in total. The molecule has 2 rings (SSSR count). The van der Waals surface area contributed by atoms with Gasteiger partial charge in [0, 0.05) is 24.9 Å². The molecule has 0 spiro atoms. The zero-order valence-electron chi connectivity index (χ0n) is 12.0. The second-order valence-corrected chi connectivity index (χ2v) is 5.45. The van der Waals surface area contributed by atoms with E-state index in [1.54, 1.807) is 0 Å². The van der Waals surface area contributed by atoms with Gasteiger partial charge in [0.25, 0.3) is 0 Å². The molecule has 0 aliphatic carbocycles. The second kappa shape index (κ2) is 6.13. The van der Waals surface area contributed by atoms with E-state index in [0.29, 0.717) is 18.7 Å². The standard InChI is InChI=1S/C13H20N4O4/c1-8-13(2,3-4-21-8)17-12(20)16-10(11(18)19)5-9-6-14-7-15-9/h6-8,10H,3-5H2,1-2H3,(H,14,15)(H,18,19)(H2,16,17,20)/t8?,10-,13?/m1/s1. The lowest BCUT2D eigenvalue weighted by atomic mass is 9.95. The molecule has 1 aliphatic heterocycles. The Morgan fingerprint density at radius 3 is 2.95 bits per heavy atom. The number of aromatic amines is 1. The van der Waals surface area contributed by atoms with E-state index in [2.05, 4.69) is 20.6 Å². The number of nitrogens with one attached hydrogen (secondary N) is 3. The predicted octanol–water partition coefficient (Wildman–Crippen LogP) is 0.272. The Balaban J connectivity index is 1.94. The summed E-state index contributed by atoms with van der Waals surface area (Å²) in [5, 5.41) is 14.5. The number of carboxylic acid groups (broad SMARTS) is 1. The molecule has 0 saturated carbocycles. The van der Waals surface area contributed by atoms with Crippen molar-refractivity contribution in [1.82, 2.24) is 20.6 Å². The third-order valence-electron chi connectivity index (χ3n) is 3.87. The van der Waals surface area contributed by atoms with Crippen molar-refractivity contribution in [3.63, 3.8) is 0 Å². The number of hydrogen-bond donors (Lipinski definition) is 4. The zero-order valence-corrected chi connectivity index (χ0v) is 12.0. The molecule has 1 fully saturated rings. The summed E-state index contributed by atoms with van der Waals surface area (Å²) in [7, 11) is 0. The molecular formula is C13H20N4O4. The molecule has 0 bridgehead atoms. The fraction of sp³-hybridized carbons (Fsp3) is 0.615. The van der Waals surface area contributed by atoms with E-state index >= 15 is 0 Å². The van der Waals surface area contributed by atoms with Crippen LogP contribution in [0.5, 0.6) is 0 Å². The van der Waals surface area contributed by atoms with Crippen molar-refractivity contribution in [3.05, 3.63) is 18.2 Å². The van der Waals surface area contributed by atoms with Crippen molar-refractivity contribution < 1.29 is 19.4 Å². The maximum atomic E-state index is 12.0. The molecule has 1 aromatic rings. The number of amides is 2. The number of urea groups is 1. The van der Waals surface area contributed by atoms with Gasteiger partial charge in [0.05, 0.1) is 18.0 Å². The first-order chi connectivity index (χ1) is 9.90. The highest BCUT2D eigenvalue weighted by molar-refractivity contribution is 5.83. The number of ether oxygens (including phenoxy) is 1. The van der Waals surface area contributed by atoms with Crippen LogP contribution in [-0.2, 0) is 16.0 Å². The number of carboxylic acids is 1. The van der Waals surface area contributed by atoms with Crippen LogP contribution in [0.25, 0.3) is 0 Å². The maximum absolute atomic E-state index is 12.0. The van der Waals surface area contributed by atoms with Gasteiger partial charge in [-0.2, -0.15) is 0 Å². The lowest BCUT2D eigenvalue weighted by Crippen LogP contribution is -2.57. The summed E-state index contributed by atoms with van der Waals surface area (Å²) in [5.41, 5.74) is 0.160. The van der Waals surface area contributed by atoms with Crippen molar-refractivity contribution in [2.24, 2.45) is 0 Å². The van der Waals surface area contributed by atoms with Crippen LogP contribution in [0.4, 0.5) is 4.79 Å². The number of H-pyrrole nitrogens is 1. The first-order valence-electron chi connectivity index (χ1n) is 6.81. The molecule has 1 aliphatic rings. The summed E-state index contributed by atoms with van der Waals surface area (Å²) in [6, 6.07) is -1.53. The largest absolute Gasteiger partial charge is 0.480 e. The molecule has 2 unspecified atom stereocenters. The van der Waals surface area contributed by atoms with Gasteiger partial charge in [0.15, 0.2) is 0 Å². The Kier molecular flexibility index (Phi) is 4.46. The number of carbonyl (C=O) groups is 2. The zero-order chi connectivity index (χ0) is 15.5. The van der Waals surface area contributed by atoms with Crippen LogP contribution in [-0.4, -0.2) is 51.4 Å². The predicted molar refractivity (Wildman–Crippen MR) is 73.8 cm³/mol. The maximum Gasteiger partial charge on any atom is 0.326 e. The lowest BCUT2D eigenvalue weighted by Gasteiger charge is -2.29. The SMILES string of the molecule is CC1OCCC1(C)NC(=O)N[C@H](Cc1cnc[nH]1)C(=O)O. The van der Waals surface area contributed by atoms with Crippen LogP contribution in [0.3, 0.4) is 0 Å². The molecule has 0 aromatic carbocycles. The Morgan fingerprint density at radius 1 is 1.67 bits per heavy atom. The molecule has 1 aromatic heterocycles. The average Bonchev–Trinajstić information content (AvgIpc) is 3.00. The second-order valence-electron chi connectivity index (χ2n) is 5.45. The van der Waals surface area contributed by atoms with E-state index < -0.39 is 23.6 Å². The van der Waals surface area contributed by atoms with Crippen molar-refractivity contribution in [1.29, 1.82) is 0 Å². The van der Waals surface area contributed by atoms with E-state index in [4.69, 9.17) is 4.74 Å². The Morgan fingerprint density at radius 2 is 2.43 bits per heavy atom. The van der Waals surface area contributed by atoms with E-state index in [1.165, 1.54) is 12.5 Å². The minimum Gasteiger partial charge on any atom is -0.480 e. The Bertz CT molecular complexity index is 504. The summed E-state index contributed by atoms with van der Waals surface area (Å²) in [4.78, 5) is 29.9. The summed E-state index contributed by atoms with van der Waals surface area (Å²) in [6.07, 6.45) is 3.72. The molecule has 2 heterocycles. The van der Waals surface area contributed by atoms with E-state index in [1.807, 2.05) is 13.8 Å². The van der Waals surface area contributed by atoms with Crippen LogP contribution in [0.15, 0.2) is 12.5 Å². The Hall–Kier alpha value is -2.09. The highest BCUT2D eigenvalue weighted by atomic mass is 16.5. The number of aromatic nitrogens is 2. The van der Waals surface area contributed by atoms with Crippen LogP contribution >= 0.6 is 0 Å². The van der Waals surface area contributed by atoms with Crippen LogP contribution in [0.2, 0.25) is 0 Å². The van der Waals surface area contributed by atoms with E-state index in [0.717, 1.165) is 0 Å². The Labute approximate surface area is 122 Å². The van der Waals surface area contributed by atoms with Gasteiger partial charge in [-0.3, -0.25) is 0 Å². The normalized spacial score (nSPS) is 26.3. The smallest absolute Gasteiger partial charge is 0.326 e. The highest BCUT2D eigenvalue weighted by Crippen LogP contribution is 2.24. The number of aliphatic carboxylic acids is 1. The average molecular weight is 296 g/mol. The fourth-order valence-corrected chi connectivity index (χ4v) is 2.27. The van der Waals surface area contributed by atoms with Gasteiger partial charge in [-0.1, -0.05) is 0 Å². The van der Waals surface area contributed by atoms with E-state index in [9.17, 15) is 14.7 Å².